The molecule has 1 rings (SSSR count). The summed E-state index contributed by atoms with van der Waals surface area (Å²) in [6.07, 6.45) is 0.906. The summed E-state index contributed by atoms with van der Waals surface area (Å²) in [6.45, 7) is 4.02. The smallest absolute Gasteiger partial charge is 0.332 e. The number of β-lactam (4-membered cyclic amide) rings is 1. The first-order chi connectivity index (χ1) is 6.00. The molecule has 1 heterocycles. The predicted octanol–water partition coefficient (Wildman–Crippen LogP) is 0.464. The highest BCUT2D eigenvalue weighted by Gasteiger charge is 2.50. The van der Waals surface area contributed by atoms with E-state index < -0.39 is 5.54 Å². The van der Waals surface area contributed by atoms with Crippen molar-refractivity contribution in [3.8, 4) is 0 Å². The maximum absolute atomic E-state index is 11.4. The number of rotatable bonds is 3. The van der Waals surface area contributed by atoms with Gasteiger partial charge in [0.25, 0.3) is 0 Å². The van der Waals surface area contributed by atoms with Crippen molar-refractivity contribution in [2.24, 2.45) is 5.92 Å². The summed E-state index contributed by atoms with van der Waals surface area (Å²) >= 11 is 0. The van der Waals surface area contributed by atoms with Crippen LogP contribution in [0.2, 0.25) is 0 Å². The lowest BCUT2D eigenvalue weighted by Gasteiger charge is -2.40. The Labute approximate surface area is 77.6 Å². The minimum absolute atomic E-state index is 0.0777. The van der Waals surface area contributed by atoms with Crippen LogP contribution in [0.15, 0.2) is 0 Å². The first-order valence-corrected chi connectivity index (χ1v) is 4.39. The summed E-state index contributed by atoms with van der Waals surface area (Å²) in [7, 11) is 1.34. The van der Waals surface area contributed by atoms with E-state index in [0.717, 1.165) is 0 Å². The standard InChI is InChI=1S/C9H15NO3/c1-6(2)4-9(8(12)13-3)5-7(11)10-9/h6H,4-5H2,1-3H3,(H,10,11). The fraction of sp³-hybridized carbons (Fsp3) is 0.778. The average Bonchev–Trinajstić information content (AvgIpc) is 1.98. The van der Waals surface area contributed by atoms with Crippen LogP contribution in [0.4, 0.5) is 0 Å². The lowest BCUT2D eigenvalue weighted by Crippen LogP contribution is -2.66. The zero-order valence-electron chi connectivity index (χ0n) is 8.22. The van der Waals surface area contributed by atoms with Crippen LogP contribution in [0, 0.1) is 5.92 Å². The van der Waals surface area contributed by atoms with Gasteiger partial charge < -0.3 is 10.1 Å². The highest BCUT2D eigenvalue weighted by Crippen LogP contribution is 2.29. The van der Waals surface area contributed by atoms with Gasteiger partial charge in [-0.25, -0.2) is 4.79 Å². The molecule has 0 aromatic heterocycles. The average molecular weight is 185 g/mol. The molecule has 4 nitrogen and oxygen atoms in total. The van der Waals surface area contributed by atoms with Crippen molar-refractivity contribution in [3.05, 3.63) is 0 Å². The Balaban J connectivity index is 2.66. The minimum atomic E-state index is -0.736. The van der Waals surface area contributed by atoms with E-state index in [4.69, 9.17) is 0 Å². The minimum Gasteiger partial charge on any atom is -0.467 e. The summed E-state index contributed by atoms with van der Waals surface area (Å²) < 4.78 is 4.65. The second-order valence-electron chi connectivity index (χ2n) is 3.90. The lowest BCUT2D eigenvalue weighted by molar-refractivity contribution is -0.160. The molecule has 1 aliphatic rings. The Morgan fingerprint density at radius 3 is 2.54 bits per heavy atom. The van der Waals surface area contributed by atoms with E-state index in [1.807, 2.05) is 13.8 Å². The third-order valence-electron chi connectivity index (χ3n) is 2.17. The van der Waals surface area contributed by atoms with Gasteiger partial charge in [-0.3, -0.25) is 4.79 Å². The van der Waals surface area contributed by atoms with Gasteiger partial charge in [0.2, 0.25) is 5.91 Å². The summed E-state index contributed by atoms with van der Waals surface area (Å²) in [5.41, 5.74) is -0.736. The number of carbonyl (C=O) groups excluding carboxylic acids is 2. The van der Waals surface area contributed by atoms with Gasteiger partial charge in [0.15, 0.2) is 0 Å². The van der Waals surface area contributed by atoms with Crippen LogP contribution < -0.4 is 5.32 Å². The molecule has 0 spiro atoms. The predicted molar refractivity (Wildman–Crippen MR) is 47.0 cm³/mol. The van der Waals surface area contributed by atoms with Gasteiger partial charge in [-0.15, -0.1) is 0 Å². The zero-order chi connectivity index (χ0) is 10.1. The molecule has 74 valence electrons. The Morgan fingerprint density at radius 1 is 1.69 bits per heavy atom. The van der Waals surface area contributed by atoms with Crippen molar-refractivity contribution in [1.82, 2.24) is 5.32 Å². The molecule has 1 saturated heterocycles. The molecule has 4 heteroatoms. The molecular weight excluding hydrogens is 170 g/mol. The number of esters is 1. The van der Waals surface area contributed by atoms with E-state index >= 15 is 0 Å². The van der Waals surface area contributed by atoms with Crippen LogP contribution in [0.1, 0.15) is 26.7 Å². The summed E-state index contributed by atoms with van der Waals surface area (Å²) in [6, 6.07) is 0. The molecule has 0 radical (unpaired) electrons. The molecule has 0 aliphatic carbocycles. The molecule has 1 atom stereocenters. The van der Waals surface area contributed by atoms with E-state index in [1.54, 1.807) is 0 Å². The molecule has 0 bridgehead atoms. The van der Waals surface area contributed by atoms with Crippen LogP contribution in [0.25, 0.3) is 0 Å². The number of ether oxygens (including phenoxy) is 1. The van der Waals surface area contributed by atoms with E-state index in [2.05, 4.69) is 10.1 Å². The highest BCUT2D eigenvalue weighted by molar-refractivity contribution is 5.98. The Kier molecular flexibility index (Phi) is 2.59. The molecule has 1 fully saturated rings. The monoisotopic (exact) mass is 185 g/mol. The van der Waals surface area contributed by atoms with Gasteiger partial charge in [-0.2, -0.15) is 0 Å². The lowest BCUT2D eigenvalue weighted by atomic mass is 9.80. The topological polar surface area (TPSA) is 55.4 Å². The molecule has 1 amide bonds. The number of methoxy groups -OCH3 is 1. The normalized spacial score (nSPS) is 26.6. The van der Waals surface area contributed by atoms with Crippen LogP contribution in [-0.2, 0) is 14.3 Å². The summed E-state index contributed by atoms with van der Waals surface area (Å²) in [5.74, 6) is -0.0495. The number of carbonyl (C=O) groups is 2. The van der Waals surface area contributed by atoms with Crippen molar-refractivity contribution < 1.29 is 14.3 Å². The molecule has 1 N–H and O–H groups in total. The van der Waals surface area contributed by atoms with Crippen molar-refractivity contribution in [2.75, 3.05) is 7.11 Å². The molecule has 1 unspecified atom stereocenters. The van der Waals surface area contributed by atoms with Crippen LogP contribution >= 0.6 is 0 Å². The Hall–Kier alpha value is -1.06. The molecule has 0 saturated carbocycles. The number of amides is 1. The van der Waals surface area contributed by atoms with Gasteiger partial charge in [-0.05, 0) is 12.3 Å². The Morgan fingerprint density at radius 2 is 2.23 bits per heavy atom. The third kappa shape index (κ3) is 1.82. The van der Waals surface area contributed by atoms with E-state index in [9.17, 15) is 9.59 Å². The van der Waals surface area contributed by atoms with Gasteiger partial charge in [-0.1, -0.05) is 13.8 Å². The molecule has 0 aromatic carbocycles. The van der Waals surface area contributed by atoms with Gasteiger partial charge in [0.05, 0.1) is 13.5 Å². The fourth-order valence-electron chi connectivity index (χ4n) is 1.74. The van der Waals surface area contributed by atoms with Crippen LogP contribution in [0.5, 0.6) is 0 Å². The van der Waals surface area contributed by atoms with Crippen LogP contribution in [-0.4, -0.2) is 24.5 Å². The maximum Gasteiger partial charge on any atom is 0.332 e. The third-order valence-corrected chi connectivity index (χ3v) is 2.17. The first-order valence-electron chi connectivity index (χ1n) is 4.39. The van der Waals surface area contributed by atoms with E-state index in [1.165, 1.54) is 7.11 Å². The molecular formula is C9H15NO3. The second kappa shape index (κ2) is 3.36. The van der Waals surface area contributed by atoms with E-state index in [0.29, 0.717) is 12.3 Å². The summed E-state index contributed by atoms with van der Waals surface area (Å²) in [4.78, 5) is 22.2. The first kappa shape index (κ1) is 10.0. The quantitative estimate of drug-likeness (QED) is 0.513. The van der Waals surface area contributed by atoms with Gasteiger partial charge in [0, 0.05) is 0 Å². The molecule has 0 aromatic rings. The van der Waals surface area contributed by atoms with E-state index in [-0.39, 0.29) is 18.3 Å². The highest BCUT2D eigenvalue weighted by atomic mass is 16.5. The number of hydrogen-bond donors (Lipinski definition) is 1. The SMILES string of the molecule is COC(=O)C1(CC(C)C)CC(=O)N1. The van der Waals surface area contributed by atoms with Crippen molar-refractivity contribution in [2.45, 2.75) is 32.2 Å². The second-order valence-corrected chi connectivity index (χ2v) is 3.90. The van der Waals surface area contributed by atoms with Crippen molar-refractivity contribution in [3.63, 3.8) is 0 Å². The Bertz CT molecular complexity index is 227. The van der Waals surface area contributed by atoms with Gasteiger partial charge in [0.1, 0.15) is 5.54 Å². The van der Waals surface area contributed by atoms with Crippen LogP contribution in [0.3, 0.4) is 0 Å². The largest absolute Gasteiger partial charge is 0.467 e. The number of hydrogen-bond acceptors (Lipinski definition) is 3. The summed E-state index contributed by atoms with van der Waals surface area (Å²) in [5, 5.41) is 2.62. The molecule has 1 aliphatic heterocycles. The zero-order valence-corrected chi connectivity index (χ0v) is 8.22. The molecule has 13 heavy (non-hydrogen) atoms. The van der Waals surface area contributed by atoms with Crippen molar-refractivity contribution in [1.29, 1.82) is 0 Å². The van der Waals surface area contributed by atoms with Gasteiger partial charge >= 0.3 is 5.97 Å². The maximum atomic E-state index is 11.4. The number of nitrogens with one attached hydrogen (secondary N) is 1. The van der Waals surface area contributed by atoms with Crippen molar-refractivity contribution >= 4 is 11.9 Å². The fourth-order valence-corrected chi connectivity index (χ4v) is 1.74.